The molecule has 1 atom stereocenters. The van der Waals surface area contributed by atoms with Gasteiger partial charge in [0.15, 0.2) is 11.5 Å². The van der Waals surface area contributed by atoms with Crippen molar-refractivity contribution in [3.05, 3.63) is 17.7 Å². The van der Waals surface area contributed by atoms with Gasteiger partial charge in [-0.15, -0.1) is 0 Å². The zero-order valence-electron chi connectivity index (χ0n) is 13.0. The molecule has 0 radical (unpaired) electrons. The molecule has 0 saturated carbocycles. The maximum absolute atomic E-state index is 5.49. The highest BCUT2D eigenvalue weighted by Gasteiger charge is 2.28. The van der Waals surface area contributed by atoms with Crippen LogP contribution in [0.1, 0.15) is 32.4 Å². The van der Waals surface area contributed by atoms with Gasteiger partial charge < -0.3 is 19.5 Å². The Bertz CT molecular complexity index is 424. The molecule has 1 N–H and O–H groups in total. The van der Waals surface area contributed by atoms with E-state index in [1.54, 1.807) is 21.3 Å². The van der Waals surface area contributed by atoms with Crippen LogP contribution >= 0.6 is 0 Å². The van der Waals surface area contributed by atoms with Crippen LogP contribution in [0.5, 0.6) is 17.2 Å². The first-order valence-corrected chi connectivity index (χ1v) is 6.36. The third kappa shape index (κ3) is 3.32. The average Bonchev–Trinajstić information content (AvgIpc) is 2.37. The minimum absolute atomic E-state index is 0.0572. The number of hydrogen-bond acceptors (Lipinski definition) is 4. The fourth-order valence-corrected chi connectivity index (χ4v) is 2.33. The molecule has 1 rings (SSSR count). The van der Waals surface area contributed by atoms with Crippen LogP contribution in [0.4, 0.5) is 0 Å². The summed E-state index contributed by atoms with van der Waals surface area (Å²) in [5.74, 6) is 2.18. The maximum Gasteiger partial charge on any atom is 0.164 e. The van der Waals surface area contributed by atoms with Crippen LogP contribution in [0.15, 0.2) is 12.1 Å². The summed E-state index contributed by atoms with van der Waals surface area (Å²) >= 11 is 0. The van der Waals surface area contributed by atoms with E-state index in [4.69, 9.17) is 14.2 Å². The minimum Gasteiger partial charge on any atom is -0.496 e. The van der Waals surface area contributed by atoms with Gasteiger partial charge in [0.2, 0.25) is 0 Å². The molecule has 0 heterocycles. The number of ether oxygens (including phenoxy) is 3. The third-order valence-electron chi connectivity index (χ3n) is 3.20. The Hall–Kier alpha value is -1.42. The molecular weight excluding hydrogens is 242 g/mol. The highest BCUT2D eigenvalue weighted by molar-refractivity contribution is 5.52. The Morgan fingerprint density at radius 2 is 1.37 bits per heavy atom. The van der Waals surface area contributed by atoms with E-state index in [0.717, 1.165) is 11.3 Å². The number of nitrogens with one attached hydrogen (secondary N) is 1. The van der Waals surface area contributed by atoms with Crippen molar-refractivity contribution < 1.29 is 14.2 Å². The first-order chi connectivity index (χ1) is 8.88. The van der Waals surface area contributed by atoms with Gasteiger partial charge in [0.1, 0.15) is 5.75 Å². The molecule has 1 aromatic carbocycles. The third-order valence-corrected chi connectivity index (χ3v) is 3.20. The summed E-state index contributed by atoms with van der Waals surface area (Å²) in [7, 11) is 6.88. The highest BCUT2D eigenvalue weighted by atomic mass is 16.5. The molecule has 0 fully saturated rings. The second kappa shape index (κ2) is 6.15. The molecule has 0 spiro atoms. The number of hydrogen-bond donors (Lipinski definition) is 1. The quantitative estimate of drug-likeness (QED) is 0.890. The Morgan fingerprint density at radius 1 is 0.895 bits per heavy atom. The van der Waals surface area contributed by atoms with Gasteiger partial charge in [-0.25, -0.2) is 0 Å². The first kappa shape index (κ1) is 15.6. The van der Waals surface area contributed by atoms with E-state index < -0.39 is 0 Å². The molecule has 1 unspecified atom stereocenters. The number of benzene rings is 1. The lowest BCUT2D eigenvalue weighted by atomic mass is 9.82. The van der Waals surface area contributed by atoms with Crippen molar-refractivity contribution in [1.82, 2.24) is 5.32 Å². The average molecular weight is 267 g/mol. The van der Waals surface area contributed by atoms with Crippen molar-refractivity contribution in [3.8, 4) is 17.2 Å². The normalized spacial score (nSPS) is 13.0. The Morgan fingerprint density at radius 3 is 1.74 bits per heavy atom. The van der Waals surface area contributed by atoms with Crippen molar-refractivity contribution in [2.75, 3.05) is 28.4 Å². The predicted octanol–water partition coefficient (Wildman–Crippen LogP) is 3.02. The van der Waals surface area contributed by atoms with Gasteiger partial charge in [-0.05, 0) is 18.5 Å². The molecule has 108 valence electrons. The van der Waals surface area contributed by atoms with Gasteiger partial charge in [-0.3, -0.25) is 0 Å². The monoisotopic (exact) mass is 267 g/mol. The van der Waals surface area contributed by atoms with Gasteiger partial charge >= 0.3 is 0 Å². The molecule has 0 amide bonds. The molecule has 4 nitrogen and oxygen atoms in total. The second-order valence-electron chi connectivity index (χ2n) is 5.54. The molecule has 0 aliphatic rings. The van der Waals surface area contributed by atoms with Gasteiger partial charge in [0.25, 0.3) is 0 Å². The lowest BCUT2D eigenvalue weighted by molar-refractivity contribution is 0.275. The van der Waals surface area contributed by atoms with Crippen molar-refractivity contribution in [3.63, 3.8) is 0 Å². The molecule has 4 heteroatoms. The molecule has 0 aromatic heterocycles. The fraction of sp³-hybridized carbons (Fsp3) is 0.600. The van der Waals surface area contributed by atoms with Gasteiger partial charge in [0, 0.05) is 17.7 Å². The summed E-state index contributed by atoms with van der Waals surface area (Å²) in [6.07, 6.45) is 0. The first-order valence-electron chi connectivity index (χ1n) is 6.36. The number of methoxy groups -OCH3 is 3. The Kier molecular flexibility index (Phi) is 5.06. The second-order valence-corrected chi connectivity index (χ2v) is 5.54. The zero-order valence-corrected chi connectivity index (χ0v) is 13.0. The fourth-order valence-electron chi connectivity index (χ4n) is 2.33. The Labute approximate surface area is 116 Å². The molecule has 0 saturated heterocycles. The van der Waals surface area contributed by atoms with Crippen molar-refractivity contribution >= 4 is 0 Å². The van der Waals surface area contributed by atoms with Crippen molar-refractivity contribution in [1.29, 1.82) is 0 Å². The summed E-state index contributed by atoms with van der Waals surface area (Å²) in [5, 5.41) is 3.35. The van der Waals surface area contributed by atoms with Crippen LogP contribution in [0.3, 0.4) is 0 Å². The molecule has 0 bridgehead atoms. The van der Waals surface area contributed by atoms with Crippen LogP contribution in [-0.4, -0.2) is 28.4 Å². The molecule has 1 aromatic rings. The SMILES string of the molecule is CNC(c1cc(OC)c(OC)cc1OC)C(C)(C)C. The lowest BCUT2D eigenvalue weighted by Crippen LogP contribution is -2.30. The summed E-state index contributed by atoms with van der Waals surface area (Å²) < 4.78 is 16.2. The zero-order chi connectivity index (χ0) is 14.6. The summed E-state index contributed by atoms with van der Waals surface area (Å²) in [6, 6.07) is 4.00. The molecule has 19 heavy (non-hydrogen) atoms. The predicted molar refractivity (Wildman–Crippen MR) is 77.4 cm³/mol. The topological polar surface area (TPSA) is 39.7 Å². The van der Waals surface area contributed by atoms with Crippen LogP contribution in [0, 0.1) is 5.41 Å². The van der Waals surface area contributed by atoms with E-state index in [1.165, 1.54) is 0 Å². The van der Waals surface area contributed by atoms with Gasteiger partial charge in [0.05, 0.1) is 21.3 Å². The maximum atomic E-state index is 5.49. The molecule has 0 aliphatic carbocycles. The van der Waals surface area contributed by atoms with Crippen molar-refractivity contribution in [2.24, 2.45) is 5.41 Å². The van der Waals surface area contributed by atoms with E-state index in [2.05, 4.69) is 26.1 Å². The lowest BCUT2D eigenvalue weighted by Gasteiger charge is -2.32. The van der Waals surface area contributed by atoms with E-state index in [0.29, 0.717) is 11.5 Å². The van der Waals surface area contributed by atoms with Crippen LogP contribution in [-0.2, 0) is 0 Å². The largest absolute Gasteiger partial charge is 0.496 e. The standard InChI is InChI=1S/C15H25NO3/c1-15(2,3)14(16-4)10-8-12(18-6)13(19-7)9-11(10)17-5/h8-9,14,16H,1-7H3. The summed E-state index contributed by atoms with van der Waals surface area (Å²) in [4.78, 5) is 0. The van der Waals surface area contributed by atoms with Crippen LogP contribution < -0.4 is 19.5 Å². The highest BCUT2D eigenvalue weighted by Crippen LogP contribution is 2.42. The van der Waals surface area contributed by atoms with E-state index in [-0.39, 0.29) is 11.5 Å². The van der Waals surface area contributed by atoms with Gasteiger partial charge in [-0.1, -0.05) is 20.8 Å². The summed E-state index contributed by atoms with van der Waals surface area (Å²) in [5.41, 5.74) is 1.12. The number of rotatable bonds is 5. The smallest absolute Gasteiger partial charge is 0.164 e. The molecule has 0 aliphatic heterocycles. The van der Waals surface area contributed by atoms with Crippen LogP contribution in [0.2, 0.25) is 0 Å². The molecular formula is C15H25NO3. The van der Waals surface area contributed by atoms with E-state index in [1.807, 2.05) is 19.2 Å². The van der Waals surface area contributed by atoms with E-state index in [9.17, 15) is 0 Å². The minimum atomic E-state index is 0.0572. The van der Waals surface area contributed by atoms with Crippen molar-refractivity contribution in [2.45, 2.75) is 26.8 Å². The summed E-state index contributed by atoms with van der Waals surface area (Å²) in [6.45, 7) is 6.55. The van der Waals surface area contributed by atoms with E-state index >= 15 is 0 Å². The van der Waals surface area contributed by atoms with Gasteiger partial charge in [-0.2, -0.15) is 0 Å². The van der Waals surface area contributed by atoms with Crippen LogP contribution in [0.25, 0.3) is 0 Å². The Balaban J connectivity index is 3.40.